The first kappa shape index (κ1) is 12.9. The number of hydrogen-bond acceptors (Lipinski definition) is 5. The first-order chi connectivity index (χ1) is 8.99. The highest BCUT2D eigenvalue weighted by molar-refractivity contribution is 5.80. The van der Waals surface area contributed by atoms with E-state index in [0.29, 0.717) is 0 Å². The Morgan fingerprint density at radius 1 is 1.21 bits per heavy atom. The largest absolute Gasteiger partial charge is 0.480 e. The summed E-state index contributed by atoms with van der Waals surface area (Å²) in [6, 6.07) is 5.56. The van der Waals surface area contributed by atoms with Crippen LogP contribution in [0.5, 0.6) is 0 Å². The fourth-order valence-electron chi connectivity index (χ4n) is 1.39. The number of carboxylic acid groups (broad SMARTS) is 1. The molecule has 19 heavy (non-hydrogen) atoms. The van der Waals surface area contributed by atoms with Crippen LogP contribution in [0.15, 0.2) is 36.8 Å². The monoisotopic (exact) mass is 258 g/mol. The number of nitrogens with one attached hydrogen (secondary N) is 1. The smallest absolute Gasteiger partial charge is 0.328 e. The third kappa shape index (κ3) is 3.04. The summed E-state index contributed by atoms with van der Waals surface area (Å²) in [6.45, 7) is 3.09. The summed E-state index contributed by atoms with van der Waals surface area (Å²) >= 11 is 0. The van der Waals surface area contributed by atoms with Crippen LogP contribution < -0.4 is 5.32 Å². The van der Waals surface area contributed by atoms with E-state index in [2.05, 4.69) is 20.3 Å². The van der Waals surface area contributed by atoms with E-state index in [1.165, 1.54) is 0 Å². The molecule has 98 valence electrons. The Kier molecular flexibility index (Phi) is 3.41. The van der Waals surface area contributed by atoms with Crippen LogP contribution in [0, 0.1) is 0 Å². The molecule has 0 aromatic carbocycles. The van der Waals surface area contributed by atoms with Gasteiger partial charge in [-0.1, -0.05) is 6.07 Å². The number of rotatable bonds is 4. The highest BCUT2D eigenvalue weighted by Gasteiger charge is 2.27. The second-order valence-electron chi connectivity index (χ2n) is 4.57. The van der Waals surface area contributed by atoms with E-state index in [9.17, 15) is 4.79 Å². The molecule has 6 heteroatoms. The molecule has 2 heterocycles. The maximum absolute atomic E-state index is 11.0. The lowest BCUT2D eigenvalue weighted by Gasteiger charge is -2.20. The van der Waals surface area contributed by atoms with Gasteiger partial charge in [0.15, 0.2) is 0 Å². The number of anilines is 1. The van der Waals surface area contributed by atoms with Gasteiger partial charge in [-0.25, -0.2) is 14.8 Å². The van der Waals surface area contributed by atoms with Crippen LogP contribution in [0.2, 0.25) is 0 Å². The molecule has 6 nitrogen and oxygen atoms in total. The Balaban J connectivity index is 2.18. The normalized spacial score (nSPS) is 11.1. The van der Waals surface area contributed by atoms with E-state index >= 15 is 0 Å². The standard InChI is InChI=1S/C13H14N4O2/c1-13(2,11(18)19)17-12-15-7-9(8-16-12)10-5-3-4-6-14-10/h3-8H,1-2H3,(H,18,19)(H,15,16,17). The van der Waals surface area contributed by atoms with Crippen molar-refractivity contribution in [1.29, 1.82) is 0 Å². The lowest BCUT2D eigenvalue weighted by molar-refractivity contribution is -0.141. The summed E-state index contributed by atoms with van der Waals surface area (Å²) in [6.07, 6.45) is 4.90. The maximum atomic E-state index is 11.0. The molecule has 0 amide bonds. The molecular formula is C13H14N4O2. The summed E-state index contributed by atoms with van der Waals surface area (Å²) in [5.74, 6) is -0.697. The fourth-order valence-corrected chi connectivity index (χ4v) is 1.39. The van der Waals surface area contributed by atoms with E-state index < -0.39 is 11.5 Å². The first-order valence-electron chi connectivity index (χ1n) is 5.74. The molecule has 2 aromatic rings. The zero-order chi connectivity index (χ0) is 13.9. The molecule has 0 unspecified atom stereocenters. The number of nitrogens with zero attached hydrogens (tertiary/aromatic N) is 3. The second-order valence-corrected chi connectivity index (χ2v) is 4.57. The molecular weight excluding hydrogens is 244 g/mol. The van der Waals surface area contributed by atoms with Crippen LogP contribution in [0.4, 0.5) is 5.95 Å². The number of carbonyl (C=O) groups is 1. The minimum atomic E-state index is -1.12. The summed E-state index contributed by atoms with van der Waals surface area (Å²) in [7, 11) is 0. The predicted octanol–water partition coefficient (Wildman–Crippen LogP) is 1.81. The molecule has 0 radical (unpaired) electrons. The van der Waals surface area contributed by atoms with Crippen molar-refractivity contribution in [3.8, 4) is 11.3 Å². The van der Waals surface area contributed by atoms with Crippen molar-refractivity contribution in [2.75, 3.05) is 5.32 Å². The highest BCUT2D eigenvalue weighted by Crippen LogP contribution is 2.16. The van der Waals surface area contributed by atoms with Crippen LogP contribution in [0.25, 0.3) is 11.3 Å². The van der Waals surface area contributed by atoms with E-state index in [4.69, 9.17) is 5.11 Å². The molecule has 0 spiro atoms. The Morgan fingerprint density at radius 3 is 2.42 bits per heavy atom. The van der Waals surface area contributed by atoms with Crippen molar-refractivity contribution < 1.29 is 9.90 Å². The Labute approximate surface area is 110 Å². The molecule has 0 bridgehead atoms. The van der Waals surface area contributed by atoms with Gasteiger partial charge in [-0.05, 0) is 26.0 Å². The SMILES string of the molecule is CC(C)(Nc1ncc(-c2ccccn2)cn1)C(=O)O. The van der Waals surface area contributed by atoms with Gasteiger partial charge in [0.2, 0.25) is 5.95 Å². The van der Waals surface area contributed by atoms with E-state index in [0.717, 1.165) is 11.3 Å². The van der Waals surface area contributed by atoms with Gasteiger partial charge < -0.3 is 10.4 Å². The predicted molar refractivity (Wildman–Crippen MR) is 70.6 cm³/mol. The lowest BCUT2D eigenvalue weighted by Crippen LogP contribution is -2.40. The molecule has 0 atom stereocenters. The third-order valence-electron chi connectivity index (χ3n) is 2.57. The van der Waals surface area contributed by atoms with E-state index in [1.54, 1.807) is 32.4 Å². The fraction of sp³-hybridized carbons (Fsp3) is 0.231. The molecule has 0 aliphatic heterocycles. The van der Waals surface area contributed by atoms with Crippen molar-refractivity contribution in [3.63, 3.8) is 0 Å². The molecule has 2 rings (SSSR count). The van der Waals surface area contributed by atoms with Gasteiger partial charge in [-0.3, -0.25) is 4.98 Å². The number of hydrogen-bond donors (Lipinski definition) is 2. The highest BCUT2D eigenvalue weighted by atomic mass is 16.4. The second kappa shape index (κ2) is 5.01. The maximum Gasteiger partial charge on any atom is 0.328 e. The number of carboxylic acids is 1. The van der Waals surface area contributed by atoms with Crippen LogP contribution in [-0.4, -0.2) is 31.6 Å². The van der Waals surface area contributed by atoms with Crippen LogP contribution in [0.3, 0.4) is 0 Å². The van der Waals surface area contributed by atoms with Gasteiger partial charge in [0.05, 0.1) is 5.69 Å². The summed E-state index contributed by atoms with van der Waals surface area (Å²) < 4.78 is 0. The minimum Gasteiger partial charge on any atom is -0.480 e. The van der Waals surface area contributed by atoms with Crippen molar-refractivity contribution in [2.45, 2.75) is 19.4 Å². The van der Waals surface area contributed by atoms with Gasteiger partial charge >= 0.3 is 5.97 Å². The first-order valence-corrected chi connectivity index (χ1v) is 5.74. The van der Waals surface area contributed by atoms with E-state index in [1.807, 2.05) is 18.2 Å². The van der Waals surface area contributed by atoms with Crippen LogP contribution in [-0.2, 0) is 4.79 Å². The van der Waals surface area contributed by atoms with Gasteiger partial charge in [-0.15, -0.1) is 0 Å². The zero-order valence-electron chi connectivity index (χ0n) is 10.7. The molecule has 0 aliphatic carbocycles. The number of aromatic nitrogens is 3. The summed E-state index contributed by atoms with van der Waals surface area (Å²) in [4.78, 5) is 23.4. The Morgan fingerprint density at radius 2 is 1.89 bits per heavy atom. The molecule has 0 fully saturated rings. The lowest BCUT2D eigenvalue weighted by atomic mass is 10.1. The number of pyridine rings is 1. The topological polar surface area (TPSA) is 88.0 Å². The average Bonchev–Trinajstić information content (AvgIpc) is 2.40. The molecule has 2 N–H and O–H groups in total. The van der Waals surface area contributed by atoms with Gasteiger partial charge in [0.25, 0.3) is 0 Å². The van der Waals surface area contributed by atoms with Gasteiger partial charge in [-0.2, -0.15) is 0 Å². The van der Waals surface area contributed by atoms with Crippen molar-refractivity contribution >= 4 is 11.9 Å². The van der Waals surface area contributed by atoms with Crippen molar-refractivity contribution in [1.82, 2.24) is 15.0 Å². The third-order valence-corrected chi connectivity index (χ3v) is 2.57. The Bertz CT molecular complexity index is 567. The van der Waals surface area contributed by atoms with E-state index in [-0.39, 0.29) is 5.95 Å². The zero-order valence-corrected chi connectivity index (χ0v) is 10.7. The number of aliphatic carboxylic acids is 1. The van der Waals surface area contributed by atoms with Crippen molar-refractivity contribution in [2.24, 2.45) is 0 Å². The quantitative estimate of drug-likeness (QED) is 0.869. The summed E-state index contributed by atoms with van der Waals surface area (Å²) in [5, 5.41) is 11.8. The molecule has 0 saturated carbocycles. The molecule has 2 aromatic heterocycles. The van der Waals surface area contributed by atoms with Crippen LogP contribution >= 0.6 is 0 Å². The average molecular weight is 258 g/mol. The van der Waals surface area contributed by atoms with Crippen molar-refractivity contribution in [3.05, 3.63) is 36.8 Å². The van der Waals surface area contributed by atoms with Gasteiger partial charge in [0, 0.05) is 24.2 Å². The van der Waals surface area contributed by atoms with Gasteiger partial charge in [0.1, 0.15) is 5.54 Å². The minimum absolute atomic E-state index is 0.270. The van der Waals surface area contributed by atoms with Crippen LogP contribution in [0.1, 0.15) is 13.8 Å². The molecule has 0 saturated heterocycles. The Hall–Kier alpha value is -2.50. The molecule has 0 aliphatic rings. The summed E-state index contributed by atoms with van der Waals surface area (Å²) in [5.41, 5.74) is 0.429.